The number of rotatable bonds is 6. The molecule has 0 aliphatic carbocycles. The maximum atomic E-state index is 11.1. The van der Waals surface area contributed by atoms with Gasteiger partial charge < -0.3 is 9.47 Å². The smallest absolute Gasteiger partial charge is 0.420 e. The second-order valence-corrected chi connectivity index (χ2v) is 2.85. The molecule has 1 aromatic rings. The summed E-state index contributed by atoms with van der Waals surface area (Å²) in [5.41, 5.74) is 1.07. The lowest BCUT2D eigenvalue weighted by molar-refractivity contribution is -0.150. The zero-order valence-corrected chi connectivity index (χ0v) is 8.14. The Labute approximate surface area is 87.8 Å². The van der Waals surface area contributed by atoms with E-state index in [2.05, 4.69) is 9.47 Å². The van der Waals surface area contributed by atoms with E-state index in [-0.39, 0.29) is 13.2 Å². The molecule has 0 unspecified atom stereocenters. The molecule has 0 amide bonds. The van der Waals surface area contributed by atoms with Crippen molar-refractivity contribution in [2.45, 2.75) is 12.8 Å². The molecular formula is C11H11O4. The van der Waals surface area contributed by atoms with Crippen LogP contribution in [0.5, 0.6) is 0 Å². The number of ether oxygens (including phenoxy) is 2. The SMILES string of the molecule is O=[C]OCOC(=O)CCc1ccccc1. The van der Waals surface area contributed by atoms with E-state index in [9.17, 15) is 9.59 Å². The normalized spacial score (nSPS) is 9.33. The molecular weight excluding hydrogens is 196 g/mol. The molecule has 15 heavy (non-hydrogen) atoms. The highest BCUT2D eigenvalue weighted by atomic mass is 16.7. The fraction of sp³-hybridized carbons (Fsp3) is 0.273. The summed E-state index contributed by atoms with van der Waals surface area (Å²) in [5.74, 6) is -0.394. The van der Waals surface area contributed by atoms with Gasteiger partial charge in [0.05, 0.1) is 0 Å². The summed E-state index contributed by atoms with van der Waals surface area (Å²) in [6.45, 7) is 0.806. The van der Waals surface area contributed by atoms with E-state index in [4.69, 9.17) is 0 Å². The lowest BCUT2D eigenvalue weighted by Gasteiger charge is -2.02. The highest BCUT2D eigenvalue weighted by Gasteiger charge is 2.02. The maximum Gasteiger partial charge on any atom is 0.420 e. The standard InChI is InChI=1S/C11H11O4/c12-8-14-9-15-11(13)7-6-10-4-2-1-3-5-10/h1-5H,6-7,9H2. The Morgan fingerprint density at radius 2 is 2.00 bits per heavy atom. The molecule has 0 aliphatic heterocycles. The van der Waals surface area contributed by atoms with Crippen LogP contribution in [0, 0.1) is 0 Å². The van der Waals surface area contributed by atoms with Gasteiger partial charge in [-0.3, -0.25) is 4.79 Å². The quantitative estimate of drug-likeness (QED) is 0.399. The van der Waals surface area contributed by atoms with E-state index in [1.165, 1.54) is 6.47 Å². The first-order chi connectivity index (χ1) is 7.33. The van der Waals surface area contributed by atoms with E-state index in [1.54, 1.807) is 0 Å². The molecule has 79 valence electrons. The van der Waals surface area contributed by atoms with Gasteiger partial charge in [0.1, 0.15) is 0 Å². The molecule has 1 aromatic carbocycles. The summed E-state index contributed by atoms with van der Waals surface area (Å²) in [6.07, 6.45) is 0.886. The summed E-state index contributed by atoms with van der Waals surface area (Å²) in [4.78, 5) is 20.7. The average molecular weight is 207 g/mol. The third-order valence-corrected chi connectivity index (χ3v) is 1.80. The largest absolute Gasteiger partial charge is 0.428 e. The first kappa shape index (κ1) is 11.2. The molecule has 0 spiro atoms. The zero-order valence-electron chi connectivity index (χ0n) is 8.14. The Morgan fingerprint density at radius 3 is 2.67 bits per heavy atom. The zero-order chi connectivity index (χ0) is 10.9. The van der Waals surface area contributed by atoms with Crippen LogP contribution in [-0.2, 0) is 25.5 Å². The van der Waals surface area contributed by atoms with Crippen LogP contribution < -0.4 is 0 Å². The van der Waals surface area contributed by atoms with Gasteiger partial charge in [-0.1, -0.05) is 30.3 Å². The van der Waals surface area contributed by atoms with Gasteiger partial charge in [0.2, 0.25) is 6.79 Å². The fourth-order valence-electron chi connectivity index (χ4n) is 1.08. The molecule has 0 bridgehead atoms. The lowest BCUT2D eigenvalue weighted by Crippen LogP contribution is -2.08. The predicted molar refractivity (Wildman–Crippen MR) is 52.5 cm³/mol. The van der Waals surface area contributed by atoms with Crippen molar-refractivity contribution in [2.75, 3.05) is 6.79 Å². The molecule has 0 heterocycles. The van der Waals surface area contributed by atoms with E-state index < -0.39 is 5.97 Å². The number of carbonyl (C=O) groups is 1. The molecule has 0 saturated heterocycles. The van der Waals surface area contributed by atoms with E-state index in [0.29, 0.717) is 6.42 Å². The monoisotopic (exact) mass is 207 g/mol. The van der Waals surface area contributed by atoms with Crippen LogP contribution >= 0.6 is 0 Å². The molecule has 4 nitrogen and oxygen atoms in total. The van der Waals surface area contributed by atoms with Crippen LogP contribution in [0.3, 0.4) is 0 Å². The van der Waals surface area contributed by atoms with Gasteiger partial charge in [-0.15, -0.1) is 0 Å². The number of carbonyl (C=O) groups excluding carboxylic acids is 2. The third-order valence-electron chi connectivity index (χ3n) is 1.80. The summed E-state index contributed by atoms with van der Waals surface area (Å²) >= 11 is 0. The van der Waals surface area contributed by atoms with E-state index >= 15 is 0 Å². The summed E-state index contributed by atoms with van der Waals surface area (Å²) in [6, 6.07) is 9.60. The minimum absolute atomic E-state index is 0.270. The number of esters is 1. The van der Waals surface area contributed by atoms with Crippen LogP contribution in [0.1, 0.15) is 12.0 Å². The molecule has 0 aliphatic rings. The molecule has 0 fully saturated rings. The van der Waals surface area contributed by atoms with Crippen LogP contribution in [0.25, 0.3) is 0 Å². The van der Waals surface area contributed by atoms with Crippen LogP contribution in [0.15, 0.2) is 30.3 Å². The number of aryl methyl sites for hydroxylation is 1. The summed E-state index contributed by atoms with van der Waals surface area (Å²) in [5, 5.41) is 0. The minimum atomic E-state index is -0.394. The first-order valence-electron chi connectivity index (χ1n) is 4.51. The fourth-order valence-corrected chi connectivity index (χ4v) is 1.08. The number of hydrogen-bond acceptors (Lipinski definition) is 4. The van der Waals surface area contributed by atoms with Crippen molar-refractivity contribution in [3.05, 3.63) is 35.9 Å². The van der Waals surface area contributed by atoms with E-state index in [1.807, 2.05) is 30.3 Å². The predicted octanol–water partition coefficient (Wildman–Crippen LogP) is 1.20. The molecule has 0 atom stereocenters. The van der Waals surface area contributed by atoms with Gasteiger partial charge in [-0.2, -0.15) is 0 Å². The highest BCUT2D eigenvalue weighted by molar-refractivity contribution is 5.69. The maximum absolute atomic E-state index is 11.1. The van der Waals surface area contributed by atoms with Gasteiger partial charge in [-0.25, -0.2) is 4.79 Å². The van der Waals surface area contributed by atoms with Crippen molar-refractivity contribution >= 4 is 12.4 Å². The van der Waals surface area contributed by atoms with Crippen molar-refractivity contribution in [1.29, 1.82) is 0 Å². The topological polar surface area (TPSA) is 52.6 Å². The summed E-state index contributed by atoms with van der Waals surface area (Å²) < 4.78 is 8.69. The van der Waals surface area contributed by atoms with E-state index in [0.717, 1.165) is 5.56 Å². The minimum Gasteiger partial charge on any atom is -0.428 e. The Morgan fingerprint density at radius 1 is 1.27 bits per heavy atom. The molecule has 1 radical (unpaired) electrons. The molecule has 0 saturated carbocycles. The van der Waals surface area contributed by atoms with Crippen LogP contribution in [0.2, 0.25) is 0 Å². The summed E-state index contributed by atoms with van der Waals surface area (Å²) in [7, 11) is 0. The Hall–Kier alpha value is -1.84. The van der Waals surface area contributed by atoms with Crippen molar-refractivity contribution in [3.63, 3.8) is 0 Å². The van der Waals surface area contributed by atoms with Gasteiger partial charge in [0, 0.05) is 6.42 Å². The molecule has 4 heteroatoms. The lowest BCUT2D eigenvalue weighted by atomic mass is 10.1. The highest BCUT2D eigenvalue weighted by Crippen LogP contribution is 2.02. The molecule has 0 aromatic heterocycles. The Bertz CT molecular complexity index is 308. The van der Waals surface area contributed by atoms with Crippen molar-refractivity contribution in [2.24, 2.45) is 0 Å². The Balaban J connectivity index is 2.20. The first-order valence-corrected chi connectivity index (χ1v) is 4.51. The average Bonchev–Trinajstić information content (AvgIpc) is 2.28. The third kappa shape index (κ3) is 4.81. The van der Waals surface area contributed by atoms with Gasteiger partial charge in [-0.05, 0) is 12.0 Å². The van der Waals surface area contributed by atoms with Gasteiger partial charge >= 0.3 is 12.4 Å². The van der Waals surface area contributed by atoms with Gasteiger partial charge in [0.25, 0.3) is 0 Å². The molecule has 1 rings (SSSR count). The van der Waals surface area contributed by atoms with Crippen LogP contribution in [0.4, 0.5) is 0 Å². The number of hydrogen-bond donors (Lipinski definition) is 0. The second-order valence-electron chi connectivity index (χ2n) is 2.85. The van der Waals surface area contributed by atoms with Crippen molar-refractivity contribution in [1.82, 2.24) is 0 Å². The molecule has 0 N–H and O–H groups in total. The number of benzene rings is 1. The second kappa shape index (κ2) is 6.59. The Kier molecular flexibility index (Phi) is 4.94. The van der Waals surface area contributed by atoms with Gasteiger partial charge in [0.15, 0.2) is 0 Å². The van der Waals surface area contributed by atoms with Crippen molar-refractivity contribution < 1.29 is 19.1 Å². The van der Waals surface area contributed by atoms with Crippen molar-refractivity contribution in [3.8, 4) is 0 Å². The van der Waals surface area contributed by atoms with Crippen LogP contribution in [-0.4, -0.2) is 19.2 Å².